The first-order chi connectivity index (χ1) is 15.6. The number of hydrogen-bond acceptors (Lipinski definition) is 4. The third-order valence-corrected chi connectivity index (χ3v) is 6.47. The first kappa shape index (κ1) is 23.3. The molecule has 0 radical (unpaired) electrons. The van der Waals surface area contributed by atoms with Gasteiger partial charge in [-0.2, -0.15) is 0 Å². The number of carbonyl (C=O) groups excluding carboxylic acids is 2. The number of para-hydroxylation sites is 1. The zero-order valence-electron chi connectivity index (χ0n) is 18.1. The molecular formula is C25H27IN4O3. The number of aliphatic imine (C=N–C) groups is 1. The maximum Gasteiger partial charge on any atom is 0.233 e. The number of allylic oxidation sites excluding steroid dienone is 2. The highest BCUT2D eigenvalue weighted by molar-refractivity contribution is 14.0. The van der Waals surface area contributed by atoms with E-state index >= 15 is 0 Å². The van der Waals surface area contributed by atoms with Crippen LogP contribution in [-0.2, 0) is 9.59 Å². The number of carbonyl (C=O) groups is 2. The Labute approximate surface area is 210 Å². The van der Waals surface area contributed by atoms with E-state index in [-0.39, 0.29) is 65.4 Å². The summed E-state index contributed by atoms with van der Waals surface area (Å²) in [5.74, 6) is 1.90. The highest BCUT2D eigenvalue weighted by atomic mass is 127. The van der Waals surface area contributed by atoms with Crippen LogP contribution < -0.4 is 15.8 Å². The molecule has 4 unspecified atom stereocenters. The van der Waals surface area contributed by atoms with Crippen molar-refractivity contribution in [3.05, 3.63) is 66.7 Å². The number of amides is 2. The minimum atomic E-state index is -0.141. The standard InChI is InChI=1S/C25H26N4O3.HI/c26-25(28-18-6-4-9-20(15-18)32-19-7-2-1-3-8-19)27-12-5-13-29-23(30)21-16-10-11-17(14-16)22(21)24(29)31;/h1-4,6-11,15-17,21-22H,5,12-14H2,(H3,26,27,28);1H. The Bertz CT molecular complexity index is 1060. The number of anilines is 1. The molecule has 3 N–H and O–H groups in total. The van der Waals surface area contributed by atoms with Gasteiger partial charge in [-0.1, -0.05) is 36.4 Å². The number of rotatable bonds is 7. The molecular weight excluding hydrogens is 531 g/mol. The fraction of sp³-hybridized carbons (Fsp3) is 0.320. The van der Waals surface area contributed by atoms with E-state index in [1.54, 1.807) is 0 Å². The molecule has 172 valence electrons. The van der Waals surface area contributed by atoms with Crippen molar-refractivity contribution in [2.75, 3.05) is 18.4 Å². The number of imide groups is 1. The van der Waals surface area contributed by atoms with Crippen molar-refractivity contribution in [1.29, 1.82) is 0 Å². The van der Waals surface area contributed by atoms with Gasteiger partial charge >= 0.3 is 0 Å². The Morgan fingerprint density at radius 2 is 1.67 bits per heavy atom. The Kier molecular flexibility index (Phi) is 7.02. The van der Waals surface area contributed by atoms with E-state index in [9.17, 15) is 9.59 Å². The number of nitrogens with two attached hydrogens (primary N) is 1. The number of likely N-dealkylation sites (tertiary alicyclic amines) is 1. The highest BCUT2D eigenvalue weighted by Gasteiger charge is 2.58. The van der Waals surface area contributed by atoms with Crippen molar-refractivity contribution in [1.82, 2.24) is 4.90 Å². The topological polar surface area (TPSA) is 97.0 Å². The zero-order valence-corrected chi connectivity index (χ0v) is 20.4. The molecule has 1 saturated heterocycles. The minimum Gasteiger partial charge on any atom is -0.457 e. The molecule has 3 aliphatic rings. The van der Waals surface area contributed by atoms with Crippen LogP contribution in [0.15, 0.2) is 71.7 Å². The molecule has 5 rings (SSSR count). The Morgan fingerprint density at radius 1 is 1.00 bits per heavy atom. The van der Waals surface area contributed by atoms with Crippen LogP contribution in [0, 0.1) is 23.7 Å². The van der Waals surface area contributed by atoms with Crippen LogP contribution in [0.1, 0.15) is 12.8 Å². The van der Waals surface area contributed by atoms with Gasteiger partial charge in [0.25, 0.3) is 0 Å². The predicted molar refractivity (Wildman–Crippen MR) is 138 cm³/mol. The van der Waals surface area contributed by atoms with Crippen LogP contribution >= 0.6 is 24.0 Å². The van der Waals surface area contributed by atoms with Gasteiger partial charge in [0.05, 0.1) is 11.8 Å². The van der Waals surface area contributed by atoms with E-state index in [1.165, 1.54) is 4.90 Å². The van der Waals surface area contributed by atoms with Gasteiger partial charge in [0.2, 0.25) is 11.8 Å². The SMILES string of the molecule is I.NC(=NCCCN1C(=O)C2C3C=CC(C3)C2C1=O)Nc1cccc(Oc2ccccc2)c1. The first-order valence-corrected chi connectivity index (χ1v) is 11.0. The van der Waals surface area contributed by atoms with Crippen LogP contribution in [0.3, 0.4) is 0 Å². The van der Waals surface area contributed by atoms with Crippen molar-refractivity contribution in [2.45, 2.75) is 12.8 Å². The molecule has 7 nitrogen and oxygen atoms in total. The molecule has 0 aromatic heterocycles. The number of guanidine groups is 1. The maximum atomic E-state index is 12.7. The van der Waals surface area contributed by atoms with Crippen molar-refractivity contribution in [3.8, 4) is 11.5 Å². The number of benzene rings is 2. The number of ether oxygens (including phenoxy) is 1. The molecule has 8 heteroatoms. The molecule has 4 atom stereocenters. The largest absolute Gasteiger partial charge is 0.457 e. The summed E-state index contributed by atoms with van der Waals surface area (Å²) in [6.45, 7) is 0.817. The molecule has 2 aliphatic carbocycles. The first-order valence-electron chi connectivity index (χ1n) is 11.0. The predicted octanol–water partition coefficient (Wildman–Crippen LogP) is 4.02. The maximum absolute atomic E-state index is 12.7. The van der Waals surface area contributed by atoms with Crippen molar-refractivity contribution < 1.29 is 14.3 Å². The zero-order chi connectivity index (χ0) is 22.1. The Hall–Kier alpha value is -2.88. The normalized spacial score (nSPS) is 25.2. The molecule has 2 amide bonds. The molecule has 1 aliphatic heterocycles. The van der Waals surface area contributed by atoms with Crippen LogP contribution in [0.5, 0.6) is 11.5 Å². The third-order valence-electron chi connectivity index (χ3n) is 6.47. The number of nitrogens with one attached hydrogen (secondary N) is 1. The second-order valence-electron chi connectivity index (χ2n) is 8.52. The molecule has 2 fully saturated rings. The highest BCUT2D eigenvalue weighted by Crippen LogP contribution is 2.52. The number of nitrogens with zero attached hydrogens (tertiary/aromatic N) is 2. The van der Waals surface area contributed by atoms with Gasteiger partial charge in [-0.05, 0) is 48.9 Å². The summed E-state index contributed by atoms with van der Waals surface area (Å²) in [5, 5.41) is 3.06. The lowest BCUT2D eigenvalue weighted by Gasteiger charge is -2.16. The van der Waals surface area contributed by atoms with Gasteiger partial charge in [0.1, 0.15) is 11.5 Å². The number of fused-ring (bicyclic) bond motifs is 5. The summed E-state index contributed by atoms with van der Waals surface area (Å²) in [7, 11) is 0. The van der Waals surface area contributed by atoms with Gasteiger partial charge in [-0.15, -0.1) is 24.0 Å². The van der Waals surface area contributed by atoms with Crippen LogP contribution in [0.25, 0.3) is 0 Å². The summed E-state index contributed by atoms with van der Waals surface area (Å²) >= 11 is 0. The molecule has 1 saturated carbocycles. The van der Waals surface area contributed by atoms with Crippen LogP contribution in [-0.4, -0.2) is 35.8 Å². The molecule has 2 aromatic rings. The van der Waals surface area contributed by atoms with Gasteiger partial charge in [-0.3, -0.25) is 19.5 Å². The van der Waals surface area contributed by atoms with Crippen LogP contribution in [0.4, 0.5) is 5.69 Å². The van der Waals surface area contributed by atoms with Gasteiger partial charge in [-0.25, -0.2) is 0 Å². The fourth-order valence-corrected chi connectivity index (χ4v) is 5.06. The fourth-order valence-electron chi connectivity index (χ4n) is 5.06. The summed E-state index contributed by atoms with van der Waals surface area (Å²) in [5.41, 5.74) is 6.78. The van der Waals surface area contributed by atoms with Crippen LogP contribution in [0.2, 0.25) is 0 Å². The minimum absolute atomic E-state index is 0. The third kappa shape index (κ3) is 4.75. The lowest BCUT2D eigenvalue weighted by molar-refractivity contribution is -0.140. The summed E-state index contributed by atoms with van der Waals surface area (Å²) < 4.78 is 5.83. The smallest absolute Gasteiger partial charge is 0.233 e. The average Bonchev–Trinajstić information content (AvgIpc) is 3.47. The van der Waals surface area contributed by atoms with Crippen molar-refractivity contribution >= 4 is 47.4 Å². The second-order valence-corrected chi connectivity index (χ2v) is 8.52. The molecule has 2 bridgehead atoms. The molecule has 1 heterocycles. The number of hydrogen-bond donors (Lipinski definition) is 2. The van der Waals surface area contributed by atoms with Gasteiger partial charge < -0.3 is 15.8 Å². The summed E-state index contributed by atoms with van der Waals surface area (Å²) in [4.78, 5) is 31.2. The molecule has 0 spiro atoms. The molecule has 33 heavy (non-hydrogen) atoms. The van der Waals surface area contributed by atoms with E-state index in [2.05, 4.69) is 22.5 Å². The Morgan fingerprint density at radius 3 is 2.36 bits per heavy atom. The average molecular weight is 558 g/mol. The van der Waals surface area contributed by atoms with E-state index in [1.807, 2.05) is 54.6 Å². The second kappa shape index (κ2) is 9.94. The van der Waals surface area contributed by atoms with Gasteiger partial charge in [0.15, 0.2) is 5.96 Å². The van der Waals surface area contributed by atoms with Gasteiger partial charge in [0, 0.05) is 24.8 Å². The van der Waals surface area contributed by atoms with E-state index < -0.39 is 0 Å². The lowest BCUT2D eigenvalue weighted by atomic mass is 9.85. The summed E-state index contributed by atoms with van der Waals surface area (Å²) in [6.07, 6.45) is 5.75. The van der Waals surface area contributed by atoms with E-state index in [0.29, 0.717) is 25.3 Å². The molecule has 2 aromatic carbocycles. The van der Waals surface area contributed by atoms with E-state index in [4.69, 9.17) is 10.5 Å². The number of halogens is 1. The van der Waals surface area contributed by atoms with Crippen molar-refractivity contribution in [3.63, 3.8) is 0 Å². The van der Waals surface area contributed by atoms with Crippen molar-refractivity contribution in [2.24, 2.45) is 34.4 Å². The quantitative estimate of drug-likeness (QED) is 0.134. The summed E-state index contributed by atoms with van der Waals surface area (Å²) in [6, 6.07) is 17.0. The monoisotopic (exact) mass is 558 g/mol. The Balaban J connectivity index is 0.00000259. The lowest BCUT2D eigenvalue weighted by Crippen LogP contribution is -2.34. The van der Waals surface area contributed by atoms with E-state index in [0.717, 1.165) is 17.9 Å².